The standard InChI is InChI=1S/C23H23FN4O3/c1-26-14-17-3-2-15(13-20(17)25-26)18-5-4-16(12-19(18)24)21(29)27-8-10-28(11-9-27)22(30)23(31)6-7-23/h2-5,12-14,31H,6-11H2,1H3. The molecule has 7 nitrogen and oxygen atoms in total. The van der Waals surface area contributed by atoms with E-state index in [0.29, 0.717) is 50.1 Å². The molecule has 0 spiro atoms. The van der Waals surface area contributed by atoms with Gasteiger partial charge in [0.1, 0.15) is 11.4 Å². The number of hydrogen-bond acceptors (Lipinski definition) is 4. The lowest BCUT2D eigenvalue weighted by Gasteiger charge is -2.35. The van der Waals surface area contributed by atoms with Crippen molar-refractivity contribution < 1.29 is 19.1 Å². The maximum absolute atomic E-state index is 14.9. The van der Waals surface area contributed by atoms with Crippen LogP contribution in [0, 0.1) is 5.82 Å². The van der Waals surface area contributed by atoms with E-state index in [1.165, 1.54) is 6.07 Å². The monoisotopic (exact) mass is 422 g/mol. The van der Waals surface area contributed by atoms with E-state index < -0.39 is 11.4 Å². The second kappa shape index (κ2) is 7.16. The summed E-state index contributed by atoms with van der Waals surface area (Å²) < 4.78 is 16.6. The number of rotatable bonds is 3. The molecule has 2 heterocycles. The molecule has 2 amide bonds. The van der Waals surface area contributed by atoms with Crippen LogP contribution in [0.25, 0.3) is 22.0 Å². The van der Waals surface area contributed by atoms with Gasteiger partial charge in [-0.3, -0.25) is 14.3 Å². The molecule has 0 atom stereocenters. The molecular weight excluding hydrogens is 399 g/mol. The highest BCUT2D eigenvalue weighted by atomic mass is 19.1. The van der Waals surface area contributed by atoms with Crippen molar-refractivity contribution in [2.24, 2.45) is 7.05 Å². The van der Waals surface area contributed by atoms with E-state index in [4.69, 9.17) is 0 Å². The third kappa shape index (κ3) is 3.57. The molecule has 1 aliphatic heterocycles. The number of carbonyl (C=O) groups is 2. The van der Waals surface area contributed by atoms with Gasteiger partial charge < -0.3 is 14.9 Å². The van der Waals surface area contributed by atoms with Gasteiger partial charge in [-0.05, 0) is 36.6 Å². The van der Waals surface area contributed by atoms with E-state index in [9.17, 15) is 19.1 Å². The normalized spacial score (nSPS) is 17.8. The van der Waals surface area contributed by atoms with E-state index in [1.54, 1.807) is 26.6 Å². The molecule has 1 N–H and O–H groups in total. The van der Waals surface area contributed by atoms with E-state index >= 15 is 0 Å². The Labute approximate surface area is 178 Å². The summed E-state index contributed by atoms with van der Waals surface area (Å²) in [6.45, 7) is 1.47. The summed E-state index contributed by atoms with van der Waals surface area (Å²) in [7, 11) is 1.84. The highest BCUT2D eigenvalue weighted by Crippen LogP contribution is 2.37. The number of aromatic nitrogens is 2. The van der Waals surface area contributed by atoms with Crippen LogP contribution in [0.15, 0.2) is 42.6 Å². The predicted molar refractivity (Wildman–Crippen MR) is 113 cm³/mol. The molecule has 1 saturated carbocycles. The number of nitrogens with zero attached hydrogens (tertiary/aromatic N) is 4. The van der Waals surface area contributed by atoms with E-state index in [1.807, 2.05) is 31.4 Å². The van der Waals surface area contributed by atoms with Crippen LogP contribution in [0.5, 0.6) is 0 Å². The van der Waals surface area contributed by atoms with Crippen molar-refractivity contribution in [3.8, 4) is 11.1 Å². The van der Waals surface area contributed by atoms with E-state index in [0.717, 1.165) is 10.9 Å². The Morgan fingerprint density at radius 2 is 1.74 bits per heavy atom. The van der Waals surface area contributed by atoms with Gasteiger partial charge in [-0.2, -0.15) is 5.10 Å². The Morgan fingerprint density at radius 3 is 2.42 bits per heavy atom. The summed E-state index contributed by atoms with van der Waals surface area (Å²) in [6.07, 6.45) is 2.91. The number of piperazine rings is 1. The number of benzene rings is 2. The van der Waals surface area contributed by atoms with Crippen molar-refractivity contribution in [1.29, 1.82) is 0 Å². The maximum atomic E-state index is 14.9. The Hall–Kier alpha value is -3.26. The second-order valence-corrected chi connectivity index (χ2v) is 8.39. The SMILES string of the molecule is Cn1cc2ccc(-c3ccc(C(=O)N4CCN(C(=O)C5(O)CC5)CC4)cc3F)cc2n1. The lowest BCUT2D eigenvalue weighted by atomic mass is 10.0. The minimum Gasteiger partial charge on any atom is -0.380 e. The number of carbonyl (C=O) groups excluding carboxylic acids is 2. The molecule has 160 valence electrons. The van der Waals surface area contributed by atoms with Gasteiger partial charge >= 0.3 is 0 Å². The molecule has 1 aliphatic carbocycles. The highest BCUT2D eigenvalue weighted by molar-refractivity contribution is 5.95. The molecule has 8 heteroatoms. The van der Waals surface area contributed by atoms with Crippen molar-refractivity contribution in [2.45, 2.75) is 18.4 Å². The fourth-order valence-corrected chi connectivity index (χ4v) is 4.11. The summed E-state index contributed by atoms with van der Waals surface area (Å²) in [5.41, 5.74) is 0.984. The minimum atomic E-state index is -1.19. The maximum Gasteiger partial charge on any atom is 0.254 e. The molecule has 1 saturated heterocycles. The smallest absolute Gasteiger partial charge is 0.254 e. The topological polar surface area (TPSA) is 78.7 Å². The molecular formula is C23H23FN4O3. The minimum absolute atomic E-state index is 0.250. The Kier molecular flexibility index (Phi) is 4.55. The molecule has 31 heavy (non-hydrogen) atoms. The van der Waals surface area contributed by atoms with Crippen molar-refractivity contribution >= 4 is 22.7 Å². The zero-order valence-corrected chi connectivity index (χ0v) is 17.2. The van der Waals surface area contributed by atoms with Crippen LogP contribution in [0.4, 0.5) is 4.39 Å². The predicted octanol–water partition coefficient (Wildman–Crippen LogP) is 2.19. The fourth-order valence-electron chi connectivity index (χ4n) is 4.11. The van der Waals surface area contributed by atoms with Crippen LogP contribution < -0.4 is 0 Å². The van der Waals surface area contributed by atoms with Crippen LogP contribution in [0.2, 0.25) is 0 Å². The summed E-state index contributed by atoms with van der Waals surface area (Å²) in [5.74, 6) is -0.978. The van der Waals surface area contributed by atoms with Gasteiger partial charge in [-0.1, -0.05) is 18.2 Å². The van der Waals surface area contributed by atoms with Crippen LogP contribution in [0.3, 0.4) is 0 Å². The Bertz CT molecular complexity index is 1190. The van der Waals surface area contributed by atoms with Crippen LogP contribution in [-0.2, 0) is 11.8 Å². The van der Waals surface area contributed by atoms with Gasteiger partial charge in [0.15, 0.2) is 0 Å². The van der Waals surface area contributed by atoms with Crippen LogP contribution >= 0.6 is 0 Å². The van der Waals surface area contributed by atoms with Crippen molar-refractivity contribution in [3.05, 3.63) is 54.0 Å². The first kappa shape index (κ1) is 19.7. The molecule has 3 aromatic rings. The van der Waals surface area contributed by atoms with E-state index in [-0.39, 0.29) is 17.4 Å². The third-order valence-corrected chi connectivity index (χ3v) is 6.12. The number of aliphatic hydroxyl groups is 1. The van der Waals surface area contributed by atoms with Crippen molar-refractivity contribution in [3.63, 3.8) is 0 Å². The first-order chi connectivity index (χ1) is 14.8. The quantitative estimate of drug-likeness (QED) is 0.702. The average molecular weight is 422 g/mol. The fraction of sp³-hybridized carbons (Fsp3) is 0.348. The van der Waals surface area contributed by atoms with Gasteiger partial charge in [0.05, 0.1) is 5.52 Å². The van der Waals surface area contributed by atoms with E-state index in [2.05, 4.69) is 5.10 Å². The molecule has 2 aromatic carbocycles. The number of fused-ring (bicyclic) bond motifs is 1. The third-order valence-electron chi connectivity index (χ3n) is 6.12. The first-order valence-electron chi connectivity index (χ1n) is 10.4. The highest BCUT2D eigenvalue weighted by Gasteiger charge is 2.50. The van der Waals surface area contributed by atoms with Crippen LogP contribution in [0.1, 0.15) is 23.2 Å². The number of hydrogen-bond donors (Lipinski definition) is 1. The molecule has 0 radical (unpaired) electrons. The lowest BCUT2D eigenvalue weighted by Crippen LogP contribution is -2.53. The molecule has 0 bridgehead atoms. The summed E-state index contributed by atoms with van der Waals surface area (Å²) in [4.78, 5) is 28.3. The first-order valence-corrected chi connectivity index (χ1v) is 10.4. The lowest BCUT2D eigenvalue weighted by molar-refractivity contribution is -0.143. The second-order valence-electron chi connectivity index (χ2n) is 8.39. The summed E-state index contributed by atoms with van der Waals surface area (Å²) in [5, 5.41) is 15.3. The number of aryl methyl sites for hydroxylation is 1. The van der Waals surface area contributed by atoms with Crippen LogP contribution in [-0.4, -0.2) is 68.3 Å². The number of halogens is 1. The van der Waals surface area contributed by atoms with Gasteiger partial charge in [-0.25, -0.2) is 4.39 Å². The van der Waals surface area contributed by atoms with Gasteiger partial charge in [-0.15, -0.1) is 0 Å². The molecule has 0 unspecified atom stereocenters. The molecule has 2 aliphatic rings. The van der Waals surface area contributed by atoms with Gasteiger partial charge in [0.2, 0.25) is 0 Å². The van der Waals surface area contributed by atoms with Crippen molar-refractivity contribution in [2.75, 3.05) is 26.2 Å². The zero-order chi connectivity index (χ0) is 21.8. The Balaban J connectivity index is 1.30. The van der Waals surface area contributed by atoms with Crippen molar-refractivity contribution in [1.82, 2.24) is 19.6 Å². The molecule has 5 rings (SSSR count). The Morgan fingerprint density at radius 1 is 1.03 bits per heavy atom. The summed E-state index contributed by atoms with van der Waals surface area (Å²) >= 11 is 0. The molecule has 2 fully saturated rings. The zero-order valence-electron chi connectivity index (χ0n) is 17.2. The summed E-state index contributed by atoms with van der Waals surface area (Å²) in [6, 6.07) is 10.1. The van der Waals surface area contributed by atoms with Gasteiger partial charge in [0.25, 0.3) is 11.8 Å². The van der Waals surface area contributed by atoms with Gasteiger partial charge in [0, 0.05) is 55.9 Å². The average Bonchev–Trinajstić information content (AvgIpc) is 3.41. The molecule has 1 aromatic heterocycles. The largest absolute Gasteiger partial charge is 0.380 e. The number of amides is 2.